The Morgan fingerprint density at radius 3 is 2.54 bits per heavy atom. The zero-order valence-electron chi connectivity index (χ0n) is 12.9. The van der Waals surface area contributed by atoms with Crippen LogP contribution in [0.1, 0.15) is 27.5 Å². The minimum absolute atomic E-state index is 0.160. The van der Waals surface area contributed by atoms with E-state index in [-0.39, 0.29) is 17.6 Å². The fraction of sp³-hybridized carbons (Fsp3) is 0.105. The molecule has 0 aliphatic heterocycles. The molecule has 0 aliphatic rings. The fourth-order valence-corrected chi connectivity index (χ4v) is 2.46. The molecule has 5 heteroatoms. The highest BCUT2D eigenvalue weighted by Crippen LogP contribution is 2.22. The number of carbonyl (C=O) groups excluding carboxylic acids is 1. The predicted octanol–water partition coefficient (Wildman–Crippen LogP) is 3.18. The third-order valence-corrected chi connectivity index (χ3v) is 3.71. The molecule has 0 aliphatic carbocycles. The van der Waals surface area contributed by atoms with Crippen molar-refractivity contribution in [3.05, 3.63) is 95.8 Å². The number of carbonyl (C=O) groups is 1. The number of aromatic nitrogens is 2. The Bertz CT molecular complexity index is 792. The zero-order chi connectivity index (χ0) is 16.8. The number of hydrogen-bond acceptors (Lipinski definition) is 3. The predicted molar refractivity (Wildman–Crippen MR) is 89.1 cm³/mol. The maximum atomic E-state index is 13.2. The largest absolute Gasteiger partial charge is 0.351 e. The van der Waals surface area contributed by atoms with Crippen molar-refractivity contribution in [3.8, 4) is 0 Å². The van der Waals surface area contributed by atoms with E-state index in [1.54, 1.807) is 36.7 Å². The smallest absolute Gasteiger partial charge is 0.252 e. The van der Waals surface area contributed by atoms with Gasteiger partial charge in [0.25, 0.3) is 5.91 Å². The van der Waals surface area contributed by atoms with Crippen molar-refractivity contribution in [2.45, 2.75) is 5.92 Å². The Morgan fingerprint density at radius 1 is 1.04 bits per heavy atom. The average molecular weight is 321 g/mol. The SMILES string of the molecule is O=C(NCC(c1ccc(F)cc1)c1ccccn1)c1cccnc1. The van der Waals surface area contributed by atoms with E-state index in [9.17, 15) is 9.18 Å². The molecule has 0 fully saturated rings. The molecule has 24 heavy (non-hydrogen) atoms. The van der Waals surface area contributed by atoms with Gasteiger partial charge in [0.1, 0.15) is 5.82 Å². The van der Waals surface area contributed by atoms with Gasteiger partial charge in [-0.15, -0.1) is 0 Å². The Kier molecular flexibility index (Phi) is 4.91. The summed E-state index contributed by atoms with van der Waals surface area (Å²) >= 11 is 0. The first-order chi connectivity index (χ1) is 11.7. The quantitative estimate of drug-likeness (QED) is 0.785. The molecule has 3 rings (SSSR count). The molecule has 2 heterocycles. The summed E-state index contributed by atoms with van der Waals surface area (Å²) in [6.45, 7) is 0.358. The number of nitrogens with one attached hydrogen (secondary N) is 1. The first-order valence-corrected chi connectivity index (χ1v) is 7.58. The molecule has 1 atom stereocenters. The van der Waals surface area contributed by atoms with Gasteiger partial charge in [0.15, 0.2) is 0 Å². The molecule has 0 saturated heterocycles. The van der Waals surface area contributed by atoms with Crippen molar-refractivity contribution < 1.29 is 9.18 Å². The molecule has 120 valence electrons. The van der Waals surface area contributed by atoms with Crippen molar-refractivity contribution in [1.82, 2.24) is 15.3 Å². The van der Waals surface area contributed by atoms with Crippen LogP contribution in [-0.4, -0.2) is 22.4 Å². The van der Waals surface area contributed by atoms with E-state index in [4.69, 9.17) is 0 Å². The lowest BCUT2D eigenvalue weighted by Crippen LogP contribution is -2.29. The lowest BCUT2D eigenvalue weighted by Gasteiger charge is -2.18. The summed E-state index contributed by atoms with van der Waals surface area (Å²) < 4.78 is 13.2. The Morgan fingerprint density at radius 2 is 1.88 bits per heavy atom. The van der Waals surface area contributed by atoms with Gasteiger partial charge in [0.05, 0.1) is 5.56 Å². The molecule has 1 unspecified atom stereocenters. The molecule has 1 N–H and O–H groups in total. The van der Waals surface area contributed by atoms with Crippen LogP contribution in [0.3, 0.4) is 0 Å². The summed E-state index contributed by atoms with van der Waals surface area (Å²) in [6, 6.07) is 15.3. The molecule has 0 spiro atoms. The Hall–Kier alpha value is -3.08. The molecule has 4 nitrogen and oxygen atoms in total. The molecule has 0 radical (unpaired) electrons. The van der Waals surface area contributed by atoms with Crippen LogP contribution in [0.5, 0.6) is 0 Å². The molecular weight excluding hydrogens is 305 g/mol. The number of halogens is 1. The minimum atomic E-state index is -0.294. The maximum absolute atomic E-state index is 13.2. The maximum Gasteiger partial charge on any atom is 0.252 e. The van der Waals surface area contributed by atoms with E-state index in [1.807, 2.05) is 18.2 Å². The number of hydrogen-bond donors (Lipinski definition) is 1. The summed E-state index contributed by atoms with van der Waals surface area (Å²) in [4.78, 5) is 20.5. The second-order valence-electron chi connectivity index (χ2n) is 5.31. The van der Waals surface area contributed by atoms with E-state index in [0.29, 0.717) is 12.1 Å². The number of rotatable bonds is 5. The number of pyridine rings is 2. The van der Waals surface area contributed by atoms with E-state index >= 15 is 0 Å². The van der Waals surface area contributed by atoms with Crippen molar-refractivity contribution in [3.63, 3.8) is 0 Å². The van der Waals surface area contributed by atoms with Gasteiger partial charge in [-0.2, -0.15) is 0 Å². The van der Waals surface area contributed by atoms with E-state index < -0.39 is 0 Å². The molecular formula is C19H16FN3O. The van der Waals surface area contributed by atoms with Gasteiger partial charge in [-0.1, -0.05) is 18.2 Å². The summed E-state index contributed by atoms with van der Waals surface area (Å²) in [5.74, 6) is -0.656. The van der Waals surface area contributed by atoms with Crippen molar-refractivity contribution in [2.24, 2.45) is 0 Å². The van der Waals surface area contributed by atoms with Gasteiger partial charge in [0, 0.05) is 36.7 Å². The second-order valence-corrected chi connectivity index (χ2v) is 5.31. The topological polar surface area (TPSA) is 54.9 Å². The van der Waals surface area contributed by atoms with Gasteiger partial charge in [0.2, 0.25) is 0 Å². The van der Waals surface area contributed by atoms with E-state index in [0.717, 1.165) is 11.3 Å². The molecule has 2 aromatic heterocycles. The zero-order valence-corrected chi connectivity index (χ0v) is 12.9. The minimum Gasteiger partial charge on any atom is -0.351 e. The molecule has 0 saturated carbocycles. The first kappa shape index (κ1) is 15.8. The van der Waals surface area contributed by atoms with Crippen LogP contribution in [0.4, 0.5) is 4.39 Å². The first-order valence-electron chi connectivity index (χ1n) is 7.58. The van der Waals surface area contributed by atoms with Crippen LogP contribution in [0, 0.1) is 5.82 Å². The summed E-state index contributed by atoms with van der Waals surface area (Å²) in [5.41, 5.74) is 2.20. The third-order valence-electron chi connectivity index (χ3n) is 3.71. The Labute approximate surface area is 139 Å². The van der Waals surface area contributed by atoms with Gasteiger partial charge < -0.3 is 5.32 Å². The van der Waals surface area contributed by atoms with Crippen LogP contribution in [0.15, 0.2) is 73.2 Å². The van der Waals surface area contributed by atoms with Crippen LogP contribution in [0.25, 0.3) is 0 Å². The molecule has 0 bridgehead atoms. The van der Waals surface area contributed by atoms with E-state index in [2.05, 4.69) is 15.3 Å². The lowest BCUT2D eigenvalue weighted by atomic mass is 9.95. The van der Waals surface area contributed by atoms with Gasteiger partial charge in [-0.05, 0) is 42.0 Å². The second kappa shape index (κ2) is 7.46. The number of nitrogens with zero attached hydrogens (tertiary/aromatic N) is 2. The van der Waals surface area contributed by atoms with Crippen molar-refractivity contribution in [1.29, 1.82) is 0 Å². The molecule has 3 aromatic rings. The van der Waals surface area contributed by atoms with Crippen LogP contribution >= 0.6 is 0 Å². The van der Waals surface area contributed by atoms with Crippen LogP contribution in [-0.2, 0) is 0 Å². The van der Waals surface area contributed by atoms with Crippen molar-refractivity contribution in [2.75, 3.05) is 6.54 Å². The average Bonchev–Trinajstić information content (AvgIpc) is 2.65. The highest BCUT2D eigenvalue weighted by atomic mass is 19.1. The summed E-state index contributed by atoms with van der Waals surface area (Å²) in [7, 11) is 0. The third kappa shape index (κ3) is 3.81. The summed E-state index contributed by atoms with van der Waals surface area (Å²) in [6.07, 6.45) is 4.84. The number of amides is 1. The van der Waals surface area contributed by atoms with Crippen molar-refractivity contribution >= 4 is 5.91 Å². The standard InChI is InChI=1S/C19H16FN3O/c20-16-8-6-14(7-9-16)17(18-5-1-2-11-22-18)13-23-19(24)15-4-3-10-21-12-15/h1-12,17H,13H2,(H,23,24). The van der Waals surface area contributed by atoms with Crippen LogP contribution < -0.4 is 5.32 Å². The highest BCUT2D eigenvalue weighted by Gasteiger charge is 2.17. The Balaban J connectivity index is 1.80. The van der Waals surface area contributed by atoms with Gasteiger partial charge >= 0.3 is 0 Å². The van der Waals surface area contributed by atoms with Gasteiger partial charge in [-0.3, -0.25) is 14.8 Å². The van der Waals surface area contributed by atoms with Crippen LogP contribution in [0.2, 0.25) is 0 Å². The molecule has 1 aromatic carbocycles. The normalized spacial score (nSPS) is 11.7. The molecule has 1 amide bonds. The van der Waals surface area contributed by atoms with Gasteiger partial charge in [-0.25, -0.2) is 4.39 Å². The number of benzene rings is 1. The van der Waals surface area contributed by atoms with E-state index in [1.165, 1.54) is 18.3 Å². The highest BCUT2D eigenvalue weighted by molar-refractivity contribution is 5.93. The summed E-state index contributed by atoms with van der Waals surface area (Å²) in [5, 5.41) is 2.90. The monoisotopic (exact) mass is 321 g/mol. The fourth-order valence-electron chi connectivity index (χ4n) is 2.46. The lowest BCUT2D eigenvalue weighted by molar-refractivity contribution is 0.0952.